The predicted molar refractivity (Wildman–Crippen MR) is 54.6 cm³/mol. The Morgan fingerprint density at radius 3 is 2.69 bits per heavy atom. The number of aliphatic hydroxyl groups excluding tert-OH is 1. The van der Waals surface area contributed by atoms with Crippen LogP contribution in [-0.4, -0.2) is 41.8 Å². The lowest BCUT2D eigenvalue weighted by atomic mass is 10.2. The van der Waals surface area contributed by atoms with Crippen LogP contribution in [0.4, 0.5) is 0 Å². The van der Waals surface area contributed by atoms with Crippen molar-refractivity contribution in [3.63, 3.8) is 0 Å². The monoisotopic (exact) mass is 186 g/mol. The van der Waals surface area contributed by atoms with Gasteiger partial charge in [-0.1, -0.05) is 6.92 Å². The molecule has 3 N–H and O–H groups in total. The summed E-state index contributed by atoms with van der Waals surface area (Å²) in [6, 6.07) is 1.08. The molecule has 0 radical (unpaired) electrons. The van der Waals surface area contributed by atoms with Crippen LogP contribution in [0.25, 0.3) is 0 Å². The highest BCUT2D eigenvalue weighted by Gasteiger charge is 2.25. The van der Waals surface area contributed by atoms with E-state index in [1.165, 1.54) is 12.8 Å². The Morgan fingerprint density at radius 2 is 2.23 bits per heavy atom. The van der Waals surface area contributed by atoms with Crippen LogP contribution in [0.15, 0.2) is 0 Å². The highest BCUT2D eigenvalue weighted by atomic mass is 16.3. The summed E-state index contributed by atoms with van der Waals surface area (Å²) in [5, 5.41) is 8.75. The van der Waals surface area contributed by atoms with Crippen LogP contribution in [0.3, 0.4) is 0 Å². The van der Waals surface area contributed by atoms with E-state index in [0.29, 0.717) is 18.7 Å². The molecule has 0 bridgehead atoms. The molecule has 0 saturated heterocycles. The first-order chi connectivity index (χ1) is 6.27. The van der Waals surface area contributed by atoms with Crippen LogP contribution in [-0.2, 0) is 0 Å². The summed E-state index contributed by atoms with van der Waals surface area (Å²) in [7, 11) is 0. The van der Waals surface area contributed by atoms with E-state index < -0.39 is 0 Å². The number of aliphatic hydroxyl groups is 1. The molecule has 3 nitrogen and oxygen atoms in total. The minimum Gasteiger partial charge on any atom is -0.396 e. The fourth-order valence-electron chi connectivity index (χ4n) is 2.20. The van der Waals surface area contributed by atoms with Crippen LogP contribution < -0.4 is 5.73 Å². The highest BCUT2D eigenvalue weighted by molar-refractivity contribution is 4.84. The molecule has 0 heterocycles. The van der Waals surface area contributed by atoms with Gasteiger partial charge < -0.3 is 15.7 Å². The smallest absolute Gasteiger partial charge is 0.0443 e. The molecule has 2 atom stereocenters. The first-order valence-electron chi connectivity index (χ1n) is 5.38. The van der Waals surface area contributed by atoms with Crippen LogP contribution in [0.1, 0.15) is 32.6 Å². The quantitative estimate of drug-likeness (QED) is 0.660. The van der Waals surface area contributed by atoms with E-state index >= 15 is 0 Å². The molecule has 0 spiro atoms. The summed E-state index contributed by atoms with van der Waals surface area (Å²) in [6.45, 7) is 4.58. The maximum absolute atomic E-state index is 8.75. The summed E-state index contributed by atoms with van der Waals surface area (Å²) in [5.74, 6) is 0. The zero-order valence-electron chi connectivity index (χ0n) is 8.58. The van der Waals surface area contributed by atoms with E-state index in [1.54, 1.807) is 0 Å². The molecule has 13 heavy (non-hydrogen) atoms. The van der Waals surface area contributed by atoms with Gasteiger partial charge in [-0.15, -0.1) is 0 Å². The second kappa shape index (κ2) is 5.58. The molecule has 1 rings (SSSR count). The Bertz CT molecular complexity index is 141. The molecular weight excluding hydrogens is 164 g/mol. The predicted octanol–water partition coefficient (Wildman–Crippen LogP) is 0.570. The van der Waals surface area contributed by atoms with E-state index in [9.17, 15) is 0 Å². The summed E-state index contributed by atoms with van der Waals surface area (Å²) in [4.78, 5) is 2.45. The molecule has 3 heteroatoms. The van der Waals surface area contributed by atoms with Crippen molar-refractivity contribution in [1.29, 1.82) is 0 Å². The number of rotatable bonds is 5. The molecule has 0 aliphatic heterocycles. The highest BCUT2D eigenvalue weighted by Crippen LogP contribution is 2.22. The average Bonchev–Trinajstić information content (AvgIpc) is 2.54. The van der Waals surface area contributed by atoms with Gasteiger partial charge >= 0.3 is 0 Å². The maximum atomic E-state index is 8.75. The lowest BCUT2D eigenvalue weighted by Crippen LogP contribution is -2.35. The van der Waals surface area contributed by atoms with Crippen molar-refractivity contribution < 1.29 is 5.11 Å². The van der Waals surface area contributed by atoms with Gasteiger partial charge in [0.25, 0.3) is 0 Å². The first-order valence-corrected chi connectivity index (χ1v) is 5.38. The van der Waals surface area contributed by atoms with Crippen molar-refractivity contribution in [2.45, 2.75) is 44.7 Å². The molecule has 1 aliphatic carbocycles. The van der Waals surface area contributed by atoms with E-state index in [2.05, 4.69) is 11.8 Å². The third kappa shape index (κ3) is 3.25. The molecule has 78 valence electrons. The minimum atomic E-state index is 0.301. The van der Waals surface area contributed by atoms with Gasteiger partial charge in [-0.25, -0.2) is 0 Å². The SMILES string of the molecule is CCN(CCCO)C1CCC(N)C1. The van der Waals surface area contributed by atoms with Crippen molar-refractivity contribution in [2.75, 3.05) is 19.7 Å². The second-order valence-electron chi connectivity index (χ2n) is 3.93. The molecule has 0 aromatic heterocycles. The fourth-order valence-corrected chi connectivity index (χ4v) is 2.20. The Morgan fingerprint density at radius 1 is 1.46 bits per heavy atom. The van der Waals surface area contributed by atoms with Gasteiger partial charge in [0.2, 0.25) is 0 Å². The first kappa shape index (κ1) is 11.0. The summed E-state index contributed by atoms with van der Waals surface area (Å²) >= 11 is 0. The number of nitrogens with two attached hydrogens (primary N) is 1. The van der Waals surface area contributed by atoms with Crippen LogP contribution in [0.2, 0.25) is 0 Å². The minimum absolute atomic E-state index is 0.301. The summed E-state index contributed by atoms with van der Waals surface area (Å²) < 4.78 is 0. The average molecular weight is 186 g/mol. The van der Waals surface area contributed by atoms with Crippen molar-refractivity contribution in [2.24, 2.45) is 5.73 Å². The van der Waals surface area contributed by atoms with E-state index in [0.717, 1.165) is 25.9 Å². The van der Waals surface area contributed by atoms with Gasteiger partial charge in [0.05, 0.1) is 0 Å². The molecule has 1 aliphatic rings. The van der Waals surface area contributed by atoms with Crippen LogP contribution in [0.5, 0.6) is 0 Å². The summed E-state index contributed by atoms with van der Waals surface area (Å²) in [6.07, 6.45) is 4.43. The molecular formula is C10H22N2O. The van der Waals surface area contributed by atoms with Crippen LogP contribution in [0, 0.1) is 0 Å². The van der Waals surface area contributed by atoms with E-state index in [-0.39, 0.29) is 0 Å². The third-order valence-electron chi connectivity index (χ3n) is 2.97. The van der Waals surface area contributed by atoms with Crippen molar-refractivity contribution in [3.8, 4) is 0 Å². The van der Waals surface area contributed by atoms with Crippen molar-refractivity contribution in [3.05, 3.63) is 0 Å². The van der Waals surface area contributed by atoms with Gasteiger partial charge in [0.15, 0.2) is 0 Å². The fraction of sp³-hybridized carbons (Fsp3) is 1.00. The Labute approximate surface area is 80.9 Å². The molecule has 1 fully saturated rings. The Kier molecular flexibility index (Phi) is 4.70. The Balaban J connectivity index is 2.29. The number of nitrogens with zero attached hydrogens (tertiary/aromatic N) is 1. The van der Waals surface area contributed by atoms with E-state index in [4.69, 9.17) is 10.8 Å². The zero-order valence-corrected chi connectivity index (χ0v) is 8.58. The normalized spacial score (nSPS) is 28.6. The lowest BCUT2D eigenvalue weighted by molar-refractivity contribution is 0.182. The lowest BCUT2D eigenvalue weighted by Gasteiger charge is -2.27. The largest absolute Gasteiger partial charge is 0.396 e. The maximum Gasteiger partial charge on any atom is 0.0443 e. The Hall–Kier alpha value is -0.120. The molecule has 2 unspecified atom stereocenters. The van der Waals surface area contributed by atoms with Gasteiger partial charge in [-0.2, -0.15) is 0 Å². The molecule has 0 amide bonds. The third-order valence-corrected chi connectivity index (χ3v) is 2.97. The topological polar surface area (TPSA) is 49.5 Å². The van der Waals surface area contributed by atoms with Gasteiger partial charge in [0, 0.05) is 25.2 Å². The second-order valence-corrected chi connectivity index (χ2v) is 3.93. The van der Waals surface area contributed by atoms with Gasteiger partial charge in [-0.05, 0) is 32.2 Å². The molecule has 0 aromatic rings. The molecule has 1 saturated carbocycles. The molecule has 0 aromatic carbocycles. The van der Waals surface area contributed by atoms with Gasteiger partial charge in [-0.3, -0.25) is 0 Å². The van der Waals surface area contributed by atoms with Crippen LogP contribution >= 0.6 is 0 Å². The van der Waals surface area contributed by atoms with Crippen molar-refractivity contribution >= 4 is 0 Å². The standard InChI is InChI=1S/C10H22N2O/c1-2-12(6-3-7-13)10-5-4-9(11)8-10/h9-10,13H,2-8,11H2,1H3. The summed E-state index contributed by atoms with van der Waals surface area (Å²) in [5.41, 5.74) is 5.87. The van der Waals surface area contributed by atoms with E-state index in [1.807, 2.05) is 0 Å². The zero-order chi connectivity index (χ0) is 9.68. The van der Waals surface area contributed by atoms with Gasteiger partial charge in [0.1, 0.15) is 0 Å². The number of hydrogen-bond acceptors (Lipinski definition) is 3. The number of hydrogen-bond donors (Lipinski definition) is 2. The van der Waals surface area contributed by atoms with Crippen molar-refractivity contribution in [1.82, 2.24) is 4.90 Å².